The van der Waals surface area contributed by atoms with Crippen LogP contribution in [0.3, 0.4) is 0 Å². The lowest BCUT2D eigenvalue weighted by Gasteiger charge is -2.26. The second-order valence-corrected chi connectivity index (χ2v) is 7.86. The number of para-hydroxylation sites is 1. The Hall–Kier alpha value is -3.44. The smallest absolute Gasteiger partial charge is 0.276 e. The number of amides is 1. The van der Waals surface area contributed by atoms with E-state index in [2.05, 4.69) is 25.5 Å². The third kappa shape index (κ3) is 6.33. The van der Waals surface area contributed by atoms with Crippen molar-refractivity contribution in [2.45, 2.75) is 0 Å². The van der Waals surface area contributed by atoms with E-state index in [1.807, 2.05) is 24.3 Å². The van der Waals surface area contributed by atoms with Gasteiger partial charge in [0, 0.05) is 25.3 Å². The maximum absolute atomic E-state index is 11.9. The molecule has 34 heavy (non-hydrogen) atoms. The van der Waals surface area contributed by atoms with Crippen LogP contribution in [-0.4, -0.2) is 65.4 Å². The minimum Gasteiger partial charge on any atom is -0.492 e. The van der Waals surface area contributed by atoms with Crippen molar-refractivity contribution in [3.8, 4) is 5.75 Å². The van der Waals surface area contributed by atoms with Crippen LogP contribution in [-0.2, 0) is 4.74 Å². The number of ether oxygens (including phenoxy) is 2. The molecule has 1 aliphatic heterocycles. The minimum atomic E-state index is -0.654. The summed E-state index contributed by atoms with van der Waals surface area (Å²) in [6.45, 7) is 4.89. The fraction of sp³-hybridized carbons (Fsp3) is 0.261. The highest BCUT2D eigenvalue weighted by atomic mass is 35.5. The second-order valence-electron chi connectivity index (χ2n) is 7.45. The average molecular weight is 485 g/mol. The van der Waals surface area contributed by atoms with Crippen LogP contribution in [0, 0.1) is 0 Å². The van der Waals surface area contributed by atoms with Gasteiger partial charge in [-0.3, -0.25) is 14.9 Å². The van der Waals surface area contributed by atoms with Gasteiger partial charge in [0.15, 0.2) is 5.82 Å². The zero-order valence-corrected chi connectivity index (χ0v) is 19.1. The maximum atomic E-state index is 11.9. The first-order valence-electron chi connectivity index (χ1n) is 10.8. The van der Waals surface area contributed by atoms with Crippen molar-refractivity contribution in [1.82, 2.24) is 20.3 Å². The summed E-state index contributed by atoms with van der Waals surface area (Å²) in [6.07, 6.45) is 1.46. The summed E-state index contributed by atoms with van der Waals surface area (Å²) in [4.78, 5) is 22.8. The van der Waals surface area contributed by atoms with Crippen LogP contribution in [0.4, 0.5) is 23.1 Å². The number of halogens is 1. The number of nitrogens with zero attached hydrogens (tertiary/aromatic N) is 3. The minimum absolute atomic E-state index is 0.235. The van der Waals surface area contributed by atoms with Crippen LogP contribution in [0.2, 0.25) is 5.02 Å². The summed E-state index contributed by atoms with van der Waals surface area (Å²) in [5, 5.41) is 15.4. The highest BCUT2D eigenvalue weighted by Crippen LogP contribution is 2.27. The summed E-state index contributed by atoms with van der Waals surface area (Å²) in [6, 6.07) is 14.2. The molecule has 1 aliphatic rings. The predicted molar refractivity (Wildman–Crippen MR) is 128 cm³/mol. The fourth-order valence-electron chi connectivity index (χ4n) is 3.37. The van der Waals surface area contributed by atoms with Crippen molar-refractivity contribution < 1.29 is 19.5 Å². The molecule has 0 atom stereocenters. The monoisotopic (exact) mass is 484 g/mol. The molecule has 0 spiro atoms. The van der Waals surface area contributed by atoms with Gasteiger partial charge in [0.25, 0.3) is 5.91 Å². The molecule has 1 fully saturated rings. The molecule has 1 amide bonds. The molecular weight excluding hydrogens is 460 g/mol. The average Bonchev–Trinajstić information content (AvgIpc) is 2.87. The molecule has 0 unspecified atom stereocenters. The number of hydroxylamine groups is 1. The molecule has 1 aromatic heterocycles. The third-order valence-corrected chi connectivity index (χ3v) is 5.44. The number of hydrogen-bond donors (Lipinski definition) is 4. The van der Waals surface area contributed by atoms with Crippen LogP contribution in [0.5, 0.6) is 5.75 Å². The maximum Gasteiger partial charge on any atom is 0.276 e. The van der Waals surface area contributed by atoms with Crippen molar-refractivity contribution in [3.63, 3.8) is 0 Å². The van der Waals surface area contributed by atoms with E-state index in [1.165, 1.54) is 6.20 Å². The molecule has 0 radical (unpaired) electrons. The zero-order chi connectivity index (χ0) is 23.8. The van der Waals surface area contributed by atoms with Crippen LogP contribution in [0.15, 0.2) is 54.7 Å². The van der Waals surface area contributed by atoms with E-state index < -0.39 is 5.91 Å². The lowest BCUT2D eigenvalue weighted by atomic mass is 10.1. The van der Waals surface area contributed by atoms with Gasteiger partial charge in [-0.1, -0.05) is 23.7 Å². The van der Waals surface area contributed by atoms with Crippen molar-refractivity contribution in [3.05, 3.63) is 65.3 Å². The SMILES string of the molecule is O=C(NO)c1ccccc1Nc1nc(Nc2ccc(OCCN3CCOCC3)cc2)ncc1Cl. The van der Waals surface area contributed by atoms with Crippen LogP contribution in [0.1, 0.15) is 10.4 Å². The number of hydrogen-bond acceptors (Lipinski definition) is 9. The number of benzene rings is 2. The number of carbonyl (C=O) groups excluding carboxylic acids is 1. The standard InChI is InChI=1S/C23H25ClN6O4/c24-19-15-25-23(28-21(19)27-20-4-2-1-3-18(20)22(31)29-32)26-16-5-7-17(8-6-16)34-14-11-30-9-12-33-13-10-30/h1-8,15,32H,9-14H2,(H,29,31)(H2,25,26,27,28). The molecule has 1 saturated heterocycles. The lowest BCUT2D eigenvalue weighted by molar-refractivity contribution is 0.0322. The van der Waals surface area contributed by atoms with Crippen LogP contribution >= 0.6 is 11.6 Å². The van der Waals surface area contributed by atoms with Crippen molar-refractivity contribution >= 4 is 40.6 Å². The Bertz CT molecular complexity index is 1110. The Labute approximate surface area is 201 Å². The molecule has 2 aromatic carbocycles. The van der Waals surface area contributed by atoms with Gasteiger partial charge in [-0.2, -0.15) is 4.98 Å². The molecule has 11 heteroatoms. The summed E-state index contributed by atoms with van der Waals surface area (Å²) in [5.41, 5.74) is 3.06. The number of anilines is 4. The predicted octanol–water partition coefficient (Wildman–Crippen LogP) is 3.45. The van der Waals surface area contributed by atoms with Gasteiger partial charge in [0.1, 0.15) is 17.4 Å². The van der Waals surface area contributed by atoms with Crippen molar-refractivity contribution in [2.75, 3.05) is 50.1 Å². The van der Waals surface area contributed by atoms with E-state index in [4.69, 9.17) is 26.3 Å². The Morgan fingerprint density at radius 1 is 1.12 bits per heavy atom. The van der Waals surface area contributed by atoms with Gasteiger partial charge >= 0.3 is 0 Å². The van der Waals surface area contributed by atoms with E-state index in [9.17, 15) is 4.79 Å². The lowest BCUT2D eigenvalue weighted by Crippen LogP contribution is -2.38. The summed E-state index contributed by atoms with van der Waals surface area (Å²) in [5.74, 6) is 0.744. The van der Waals surface area contributed by atoms with E-state index in [1.54, 1.807) is 29.7 Å². The van der Waals surface area contributed by atoms with Crippen LogP contribution in [0.25, 0.3) is 0 Å². The summed E-state index contributed by atoms with van der Waals surface area (Å²) < 4.78 is 11.2. The fourth-order valence-corrected chi connectivity index (χ4v) is 3.51. The first kappa shape index (κ1) is 23.7. The Kier molecular flexibility index (Phi) is 8.10. The molecule has 4 rings (SSSR count). The first-order chi connectivity index (χ1) is 16.6. The largest absolute Gasteiger partial charge is 0.492 e. The number of carbonyl (C=O) groups is 1. The highest BCUT2D eigenvalue weighted by molar-refractivity contribution is 6.33. The quantitative estimate of drug-likeness (QED) is 0.267. The first-order valence-corrected chi connectivity index (χ1v) is 11.1. The Morgan fingerprint density at radius 2 is 1.88 bits per heavy atom. The topological polar surface area (TPSA) is 121 Å². The summed E-state index contributed by atoms with van der Waals surface area (Å²) >= 11 is 6.25. The van der Waals surface area contributed by atoms with Crippen molar-refractivity contribution in [1.29, 1.82) is 0 Å². The van der Waals surface area contributed by atoms with E-state index >= 15 is 0 Å². The molecule has 4 N–H and O–H groups in total. The molecule has 0 bridgehead atoms. The van der Waals surface area contributed by atoms with E-state index in [-0.39, 0.29) is 10.6 Å². The molecule has 0 aliphatic carbocycles. The molecule has 2 heterocycles. The van der Waals surface area contributed by atoms with Gasteiger partial charge in [-0.05, 0) is 36.4 Å². The van der Waals surface area contributed by atoms with E-state index in [0.717, 1.165) is 44.3 Å². The highest BCUT2D eigenvalue weighted by Gasteiger charge is 2.13. The van der Waals surface area contributed by atoms with Crippen molar-refractivity contribution in [2.24, 2.45) is 0 Å². The van der Waals surface area contributed by atoms with Gasteiger partial charge in [-0.25, -0.2) is 10.5 Å². The van der Waals surface area contributed by atoms with Gasteiger partial charge in [-0.15, -0.1) is 0 Å². The number of aromatic nitrogens is 2. The van der Waals surface area contributed by atoms with Crippen LogP contribution < -0.4 is 20.9 Å². The number of rotatable bonds is 9. The Balaban J connectivity index is 1.37. The molecule has 3 aromatic rings. The molecular formula is C23H25ClN6O4. The second kappa shape index (κ2) is 11.6. The molecule has 178 valence electrons. The number of morpholine rings is 1. The summed E-state index contributed by atoms with van der Waals surface area (Å²) in [7, 11) is 0. The Morgan fingerprint density at radius 3 is 2.65 bits per heavy atom. The van der Waals surface area contributed by atoms with E-state index in [0.29, 0.717) is 24.1 Å². The van der Waals surface area contributed by atoms with Gasteiger partial charge < -0.3 is 20.1 Å². The van der Waals surface area contributed by atoms with Gasteiger partial charge in [0.2, 0.25) is 5.95 Å². The molecule has 10 nitrogen and oxygen atoms in total. The molecule has 0 saturated carbocycles. The zero-order valence-electron chi connectivity index (χ0n) is 18.3. The number of nitrogens with one attached hydrogen (secondary N) is 3. The normalized spacial score (nSPS) is 13.8. The van der Waals surface area contributed by atoms with Gasteiger partial charge in [0.05, 0.1) is 30.7 Å². The third-order valence-electron chi connectivity index (χ3n) is 5.16.